The Morgan fingerprint density at radius 3 is 2.88 bits per heavy atom. The number of benzene rings is 1. The van der Waals surface area contributed by atoms with E-state index in [1.165, 1.54) is 23.9 Å². The van der Waals surface area contributed by atoms with Gasteiger partial charge in [0.15, 0.2) is 9.84 Å². The van der Waals surface area contributed by atoms with Crippen LogP contribution in [0.1, 0.15) is 18.0 Å². The average molecular weight is 409 g/mol. The Kier molecular flexibility index (Phi) is 7.13. The highest BCUT2D eigenvalue weighted by atomic mass is 35.5. The highest BCUT2D eigenvalue weighted by molar-refractivity contribution is 8.02. The quantitative estimate of drug-likeness (QED) is 0.820. The Bertz CT molecular complexity index is 717. The molecule has 9 heteroatoms. The lowest BCUT2D eigenvalue weighted by Crippen LogP contribution is -2.49. The van der Waals surface area contributed by atoms with Gasteiger partial charge >= 0.3 is 0 Å². The average Bonchev–Trinajstić information content (AvgIpc) is 2.92. The van der Waals surface area contributed by atoms with Crippen LogP contribution in [0.3, 0.4) is 0 Å². The van der Waals surface area contributed by atoms with Gasteiger partial charge < -0.3 is 10.2 Å². The normalized spacial score (nSPS) is 25.4. The molecule has 25 heavy (non-hydrogen) atoms. The van der Waals surface area contributed by atoms with Crippen LogP contribution < -0.4 is 5.32 Å². The van der Waals surface area contributed by atoms with Crippen LogP contribution in [0.4, 0.5) is 4.39 Å². The zero-order valence-electron chi connectivity index (χ0n) is 13.7. The Morgan fingerprint density at radius 2 is 2.20 bits per heavy atom. The number of hydrogen-bond acceptors (Lipinski definition) is 5. The third-order valence-corrected chi connectivity index (χ3v) is 7.70. The largest absolute Gasteiger partial charge is 0.332 e. The van der Waals surface area contributed by atoms with E-state index in [0.29, 0.717) is 26.1 Å². The van der Waals surface area contributed by atoms with Gasteiger partial charge in [-0.15, -0.1) is 24.2 Å². The van der Waals surface area contributed by atoms with Crippen LogP contribution in [-0.4, -0.2) is 61.4 Å². The molecule has 1 aromatic carbocycles. The van der Waals surface area contributed by atoms with Crippen molar-refractivity contribution in [3.63, 3.8) is 0 Å². The lowest BCUT2D eigenvalue weighted by atomic mass is 10.0. The van der Waals surface area contributed by atoms with Crippen molar-refractivity contribution in [2.75, 3.05) is 36.9 Å². The zero-order chi connectivity index (χ0) is 17.2. The molecule has 140 valence electrons. The fourth-order valence-electron chi connectivity index (χ4n) is 3.18. The second-order valence-corrected chi connectivity index (χ2v) is 9.72. The number of carbonyl (C=O) groups is 1. The van der Waals surface area contributed by atoms with Gasteiger partial charge in [0.25, 0.3) is 0 Å². The molecular weight excluding hydrogens is 387 g/mol. The molecule has 1 aromatic rings. The second kappa shape index (κ2) is 8.70. The summed E-state index contributed by atoms with van der Waals surface area (Å²) in [5.74, 6) is 0.334. The van der Waals surface area contributed by atoms with Crippen LogP contribution in [0.5, 0.6) is 0 Å². The maximum Gasteiger partial charge on any atom is 0.233 e. The van der Waals surface area contributed by atoms with Crippen LogP contribution in [0, 0.1) is 5.82 Å². The van der Waals surface area contributed by atoms with E-state index >= 15 is 0 Å². The number of thioether (sulfide) groups is 1. The number of carbonyl (C=O) groups excluding carboxylic acids is 1. The number of nitrogens with one attached hydrogen (secondary N) is 1. The van der Waals surface area contributed by atoms with Gasteiger partial charge in [-0.2, -0.15) is 0 Å². The smallest absolute Gasteiger partial charge is 0.233 e. The Hall–Kier alpha value is -0.830. The molecule has 0 saturated carbocycles. The number of halogens is 2. The third kappa shape index (κ3) is 5.32. The molecule has 2 heterocycles. The minimum absolute atomic E-state index is 0. The molecule has 2 saturated heterocycles. The fraction of sp³-hybridized carbons (Fsp3) is 0.562. The fourth-order valence-corrected chi connectivity index (χ4v) is 6.71. The number of amides is 1. The summed E-state index contributed by atoms with van der Waals surface area (Å²) in [6, 6.07) is 6.16. The van der Waals surface area contributed by atoms with Gasteiger partial charge in [-0.05, 0) is 24.1 Å². The number of rotatable bonds is 4. The van der Waals surface area contributed by atoms with Gasteiger partial charge in [-0.25, -0.2) is 12.8 Å². The Balaban J connectivity index is 0.00000225. The van der Waals surface area contributed by atoms with Crippen molar-refractivity contribution in [3.05, 3.63) is 35.6 Å². The van der Waals surface area contributed by atoms with Crippen molar-refractivity contribution in [2.24, 2.45) is 0 Å². The molecule has 2 fully saturated rings. The summed E-state index contributed by atoms with van der Waals surface area (Å²) in [5, 5.41) is 3.25. The summed E-state index contributed by atoms with van der Waals surface area (Å²) < 4.78 is 36.5. The molecule has 2 atom stereocenters. The highest BCUT2D eigenvalue weighted by Crippen LogP contribution is 2.27. The predicted octanol–water partition coefficient (Wildman–Crippen LogP) is 1.64. The van der Waals surface area contributed by atoms with E-state index < -0.39 is 9.84 Å². The zero-order valence-corrected chi connectivity index (χ0v) is 16.1. The number of sulfone groups is 1. The van der Waals surface area contributed by atoms with Crippen molar-refractivity contribution >= 4 is 39.9 Å². The van der Waals surface area contributed by atoms with E-state index in [2.05, 4.69) is 5.32 Å². The molecule has 2 aliphatic rings. The Morgan fingerprint density at radius 1 is 1.40 bits per heavy atom. The first-order valence-corrected chi connectivity index (χ1v) is 10.9. The van der Waals surface area contributed by atoms with Crippen molar-refractivity contribution in [2.45, 2.75) is 17.7 Å². The van der Waals surface area contributed by atoms with Gasteiger partial charge in [0.1, 0.15) is 5.82 Å². The van der Waals surface area contributed by atoms with Gasteiger partial charge in [-0.3, -0.25) is 4.79 Å². The second-order valence-electron chi connectivity index (χ2n) is 6.20. The van der Waals surface area contributed by atoms with Gasteiger partial charge in [0.2, 0.25) is 5.91 Å². The molecule has 1 amide bonds. The third-order valence-electron chi connectivity index (χ3n) is 4.43. The minimum Gasteiger partial charge on any atom is -0.332 e. The van der Waals surface area contributed by atoms with Crippen molar-refractivity contribution in [3.8, 4) is 0 Å². The molecule has 0 radical (unpaired) electrons. The molecule has 1 N–H and O–H groups in total. The molecule has 0 aromatic heterocycles. The summed E-state index contributed by atoms with van der Waals surface area (Å²) in [7, 11) is -2.92. The first-order valence-electron chi connectivity index (χ1n) is 8.02. The summed E-state index contributed by atoms with van der Waals surface area (Å²) in [6.07, 6.45) is 0.620. The highest BCUT2D eigenvalue weighted by Gasteiger charge is 2.31. The molecule has 0 bridgehead atoms. The number of piperazine rings is 1. The molecule has 3 rings (SSSR count). The van der Waals surface area contributed by atoms with E-state index in [1.54, 1.807) is 11.0 Å². The molecule has 5 nitrogen and oxygen atoms in total. The van der Waals surface area contributed by atoms with E-state index in [1.807, 2.05) is 6.07 Å². The van der Waals surface area contributed by atoms with Gasteiger partial charge in [0, 0.05) is 24.9 Å². The maximum atomic E-state index is 13.5. The molecule has 2 aliphatic heterocycles. The summed E-state index contributed by atoms with van der Waals surface area (Å²) in [5.41, 5.74) is 0.781. The standard InChI is InChI=1S/C16H21FN2O3S2.ClH/c17-13-3-1-2-12(8-13)15-9-18-5-6-19(15)16(20)10-23-14-4-7-24(21,22)11-14;/h1-3,8,14-15,18H,4-7,9-11H2;1H. The number of nitrogens with zero attached hydrogens (tertiary/aromatic N) is 1. The minimum atomic E-state index is -2.92. The molecule has 0 aliphatic carbocycles. The topological polar surface area (TPSA) is 66.5 Å². The summed E-state index contributed by atoms with van der Waals surface area (Å²) in [6.45, 7) is 1.88. The van der Waals surface area contributed by atoms with Crippen LogP contribution in [-0.2, 0) is 14.6 Å². The van der Waals surface area contributed by atoms with Crippen LogP contribution >= 0.6 is 24.2 Å². The molecule has 0 spiro atoms. The van der Waals surface area contributed by atoms with Gasteiger partial charge in [0.05, 0.1) is 23.3 Å². The van der Waals surface area contributed by atoms with Gasteiger partial charge in [-0.1, -0.05) is 12.1 Å². The van der Waals surface area contributed by atoms with Crippen LogP contribution in [0.25, 0.3) is 0 Å². The van der Waals surface area contributed by atoms with Crippen LogP contribution in [0.2, 0.25) is 0 Å². The summed E-state index contributed by atoms with van der Waals surface area (Å²) in [4.78, 5) is 14.4. The van der Waals surface area contributed by atoms with E-state index in [9.17, 15) is 17.6 Å². The summed E-state index contributed by atoms with van der Waals surface area (Å²) >= 11 is 1.42. The maximum absolute atomic E-state index is 13.5. The SMILES string of the molecule is Cl.O=C(CSC1CCS(=O)(=O)C1)N1CCNCC1c1cccc(F)c1. The van der Waals surface area contributed by atoms with Crippen LogP contribution in [0.15, 0.2) is 24.3 Å². The van der Waals surface area contributed by atoms with Crippen molar-refractivity contribution in [1.82, 2.24) is 10.2 Å². The van der Waals surface area contributed by atoms with E-state index in [-0.39, 0.29) is 52.7 Å². The molecular formula is C16H22ClFN2O3S2. The number of hydrogen-bond donors (Lipinski definition) is 1. The molecule has 2 unspecified atom stereocenters. The van der Waals surface area contributed by atoms with Crippen molar-refractivity contribution in [1.29, 1.82) is 0 Å². The first kappa shape index (κ1) is 20.5. The van der Waals surface area contributed by atoms with E-state index in [4.69, 9.17) is 0 Å². The first-order chi connectivity index (χ1) is 11.4. The Labute approximate surface area is 158 Å². The lowest BCUT2D eigenvalue weighted by molar-refractivity contribution is -0.131. The monoisotopic (exact) mass is 408 g/mol. The lowest BCUT2D eigenvalue weighted by Gasteiger charge is -2.36. The van der Waals surface area contributed by atoms with E-state index in [0.717, 1.165) is 5.56 Å². The van der Waals surface area contributed by atoms with Crippen molar-refractivity contribution < 1.29 is 17.6 Å². The predicted molar refractivity (Wildman–Crippen MR) is 100 cm³/mol.